The van der Waals surface area contributed by atoms with E-state index in [2.05, 4.69) is 5.10 Å². The molecule has 1 aliphatic carbocycles. The number of hydrogen-bond donors (Lipinski definition) is 0. The number of aromatic nitrogens is 2. The Morgan fingerprint density at radius 3 is 2.55 bits per heavy atom. The molecule has 0 radical (unpaired) electrons. The van der Waals surface area contributed by atoms with Crippen LogP contribution in [-0.2, 0) is 22.1 Å². The summed E-state index contributed by atoms with van der Waals surface area (Å²) < 4.78 is 61.1. The van der Waals surface area contributed by atoms with Crippen LogP contribution in [0.3, 0.4) is 0 Å². The molecule has 40 heavy (non-hydrogen) atoms. The average molecular weight is 549 g/mol. The van der Waals surface area contributed by atoms with E-state index in [1.807, 2.05) is 31.3 Å². The first-order valence-corrected chi connectivity index (χ1v) is 13.1. The minimum absolute atomic E-state index is 0.0873. The van der Waals surface area contributed by atoms with Crippen molar-refractivity contribution in [2.45, 2.75) is 44.4 Å². The Morgan fingerprint density at radius 1 is 1.07 bits per heavy atom. The van der Waals surface area contributed by atoms with E-state index in [1.165, 1.54) is 13.2 Å². The zero-order valence-corrected chi connectivity index (χ0v) is 22.0. The van der Waals surface area contributed by atoms with Crippen molar-refractivity contribution in [2.75, 3.05) is 13.7 Å². The van der Waals surface area contributed by atoms with E-state index in [9.17, 15) is 18.0 Å². The fourth-order valence-electron chi connectivity index (χ4n) is 5.64. The minimum Gasteiger partial charge on any atom is -0.492 e. The second kappa shape index (κ2) is 10.0. The Morgan fingerprint density at radius 2 is 1.85 bits per heavy atom. The number of alkyl halides is 3. The van der Waals surface area contributed by atoms with Gasteiger partial charge in [0.2, 0.25) is 0 Å². The highest BCUT2D eigenvalue weighted by atomic mass is 19.4. The van der Waals surface area contributed by atoms with Gasteiger partial charge >= 0.3 is 12.1 Å². The molecule has 1 unspecified atom stereocenters. The summed E-state index contributed by atoms with van der Waals surface area (Å²) in [7, 11) is 1.36. The monoisotopic (exact) mass is 548 g/mol. The van der Waals surface area contributed by atoms with Crippen LogP contribution in [0.15, 0.2) is 66.9 Å². The van der Waals surface area contributed by atoms with E-state index in [1.54, 1.807) is 35.0 Å². The van der Waals surface area contributed by atoms with E-state index < -0.39 is 17.8 Å². The van der Waals surface area contributed by atoms with Gasteiger partial charge in [-0.2, -0.15) is 18.3 Å². The van der Waals surface area contributed by atoms with Gasteiger partial charge in [-0.3, -0.25) is 4.79 Å². The largest absolute Gasteiger partial charge is 0.492 e. The van der Waals surface area contributed by atoms with Crippen LogP contribution in [0, 0.1) is 6.92 Å². The van der Waals surface area contributed by atoms with Crippen LogP contribution >= 0.6 is 0 Å². The number of halogens is 3. The molecule has 1 aromatic heterocycles. The molecule has 6 rings (SSSR count). The molecule has 2 heterocycles. The van der Waals surface area contributed by atoms with Crippen LogP contribution in [0.5, 0.6) is 11.5 Å². The standard InChI is InChI=1S/C31H27F3N2O4/c1-18-13-14-36(35-18)21-5-3-19(4-6-21)30-25-10-12-27(24(25)9-11-26(30)31(32,33)34)40-22-7-8-23-20(15-29(37)38-2)17-39-28(23)16-22/h3-9,11,13-14,16,20,27H,10,12,15,17H2,1-2H3/t20?,27-/m1/s1. The molecule has 0 spiro atoms. The van der Waals surface area contributed by atoms with Crippen molar-refractivity contribution in [3.8, 4) is 28.3 Å². The predicted molar refractivity (Wildman–Crippen MR) is 142 cm³/mol. The zero-order chi connectivity index (χ0) is 28.0. The van der Waals surface area contributed by atoms with E-state index >= 15 is 0 Å². The van der Waals surface area contributed by atoms with Crippen molar-refractivity contribution >= 4 is 5.97 Å². The summed E-state index contributed by atoms with van der Waals surface area (Å²) in [6.07, 6.45) is -1.84. The van der Waals surface area contributed by atoms with Gasteiger partial charge in [0.1, 0.15) is 17.6 Å². The number of rotatable bonds is 6. The van der Waals surface area contributed by atoms with Crippen LogP contribution in [0.25, 0.3) is 16.8 Å². The third kappa shape index (κ3) is 4.80. The number of benzene rings is 3. The normalized spacial score (nSPS) is 17.7. The van der Waals surface area contributed by atoms with Crippen molar-refractivity contribution in [3.05, 3.63) is 94.8 Å². The van der Waals surface area contributed by atoms with Gasteiger partial charge in [-0.15, -0.1) is 0 Å². The molecule has 0 amide bonds. The van der Waals surface area contributed by atoms with Crippen LogP contribution < -0.4 is 9.47 Å². The maximum absolute atomic E-state index is 14.2. The lowest BCUT2D eigenvalue weighted by Gasteiger charge is -2.20. The number of hydrogen-bond acceptors (Lipinski definition) is 5. The third-order valence-corrected chi connectivity index (χ3v) is 7.58. The van der Waals surface area contributed by atoms with Crippen molar-refractivity contribution < 1.29 is 32.2 Å². The van der Waals surface area contributed by atoms with Gasteiger partial charge < -0.3 is 14.2 Å². The first-order chi connectivity index (χ1) is 19.2. The number of methoxy groups -OCH3 is 1. The van der Waals surface area contributed by atoms with Crippen molar-refractivity contribution in [2.24, 2.45) is 0 Å². The van der Waals surface area contributed by atoms with Crippen molar-refractivity contribution in [1.82, 2.24) is 9.78 Å². The second-order valence-corrected chi connectivity index (χ2v) is 10.1. The Labute approximate surface area is 229 Å². The van der Waals surface area contributed by atoms with Gasteiger partial charge in [-0.1, -0.05) is 24.3 Å². The summed E-state index contributed by atoms with van der Waals surface area (Å²) in [6.45, 7) is 2.26. The molecule has 0 saturated carbocycles. The van der Waals surface area contributed by atoms with Gasteiger partial charge in [0.05, 0.1) is 37.1 Å². The van der Waals surface area contributed by atoms with Gasteiger partial charge in [0.15, 0.2) is 0 Å². The Kier molecular flexibility index (Phi) is 6.52. The molecule has 9 heteroatoms. The number of carbonyl (C=O) groups is 1. The molecule has 0 N–H and O–H groups in total. The summed E-state index contributed by atoms with van der Waals surface area (Å²) in [6, 6.07) is 17.0. The number of nitrogens with zero attached hydrogens (tertiary/aromatic N) is 2. The minimum atomic E-state index is -4.50. The highest BCUT2D eigenvalue weighted by Gasteiger charge is 2.38. The summed E-state index contributed by atoms with van der Waals surface area (Å²) in [4.78, 5) is 11.7. The second-order valence-electron chi connectivity index (χ2n) is 10.1. The highest BCUT2D eigenvalue weighted by Crippen LogP contribution is 2.47. The van der Waals surface area contributed by atoms with Crippen LogP contribution in [0.4, 0.5) is 13.2 Å². The fraction of sp³-hybridized carbons (Fsp3) is 0.290. The topological polar surface area (TPSA) is 62.6 Å². The number of aryl methyl sites for hydroxylation is 1. The summed E-state index contributed by atoms with van der Waals surface area (Å²) in [5, 5.41) is 4.38. The molecule has 2 aliphatic rings. The van der Waals surface area contributed by atoms with E-state index in [0.29, 0.717) is 42.1 Å². The van der Waals surface area contributed by atoms with E-state index in [-0.39, 0.29) is 23.9 Å². The molecule has 0 saturated heterocycles. The molecule has 1 aliphatic heterocycles. The number of ether oxygens (including phenoxy) is 3. The smallest absolute Gasteiger partial charge is 0.417 e. The molecular weight excluding hydrogens is 521 g/mol. The van der Waals surface area contributed by atoms with Gasteiger partial charge in [-0.05, 0) is 72.4 Å². The molecule has 3 aromatic carbocycles. The lowest BCUT2D eigenvalue weighted by molar-refractivity contribution is -0.141. The molecule has 206 valence electrons. The first-order valence-electron chi connectivity index (χ1n) is 13.1. The Bertz CT molecular complexity index is 1580. The Hall–Kier alpha value is -4.27. The summed E-state index contributed by atoms with van der Waals surface area (Å²) >= 11 is 0. The molecule has 6 nitrogen and oxygen atoms in total. The quantitative estimate of drug-likeness (QED) is 0.244. The predicted octanol–water partition coefficient (Wildman–Crippen LogP) is 6.97. The first kappa shape index (κ1) is 26.0. The third-order valence-electron chi connectivity index (χ3n) is 7.58. The molecule has 4 aromatic rings. The lowest BCUT2D eigenvalue weighted by Crippen LogP contribution is -2.10. The lowest BCUT2D eigenvalue weighted by atomic mass is 9.91. The average Bonchev–Trinajstić information content (AvgIpc) is 3.66. The fourth-order valence-corrected chi connectivity index (χ4v) is 5.64. The van der Waals surface area contributed by atoms with Crippen molar-refractivity contribution in [1.29, 1.82) is 0 Å². The van der Waals surface area contributed by atoms with E-state index in [4.69, 9.17) is 14.2 Å². The molecule has 0 bridgehead atoms. The number of carbonyl (C=O) groups excluding carboxylic acids is 1. The van der Waals surface area contributed by atoms with Crippen LogP contribution in [-0.4, -0.2) is 29.5 Å². The van der Waals surface area contributed by atoms with Gasteiger partial charge in [0, 0.05) is 23.7 Å². The SMILES string of the molecule is COC(=O)CC1COc2cc(O[C@@H]3CCc4c3ccc(C(F)(F)F)c4-c3ccc(-n4ccc(C)n4)cc3)ccc21. The van der Waals surface area contributed by atoms with Gasteiger partial charge in [-0.25, -0.2) is 4.68 Å². The maximum Gasteiger partial charge on any atom is 0.417 e. The maximum atomic E-state index is 14.2. The Balaban J connectivity index is 1.30. The highest BCUT2D eigenvalue weighted by molar-refractivity contribution is 5.75. The molecule has 2 atom stereocenters. The summed E-state index contributed by atoms with van der Waals surface area (Å²) in [5.41, 5.74) is 3.98. The molecule has 0 fully saturated rings. The number of esters is 1. The van der Waals surface area contributed by atoms with E-state index in [0.717, 1.165) is 28.6 Å². The summed E-state index contributed by atoms with van der Waals surface area (Å²) in [5.74, 6) is 0.820. The zero-order valence-electron chi connectivity index (χ0n) is 22.0. The van der Waals surface area contributed by atoms with Crippen LogP contribution in [0.1, 0.15) is 52.8 Å². The van der Waals surface area contributed by atoms with Crippen molar-refractivity contribution in [3.63, 3.8) is 0 Å². The van der Waals surface area contributed by atoms with Crippen LogP contribution in [0.2, 0.25) is 0 Å². The molecular formula is C31H27F3N2O4. The van der Waals surface area contributed by atoms with Gasteiger partial charge in [0.25, 0.3) is 0 Å². The number of fused-ring (bicyclic) bond motifs is 2.